The minimum atomic E-state index is -4.39. The molecule has 0 aromatic heterocycles. The summed E-state index contributed by atoms with van der Waals surface area (Å²) in [7, 11) is 0. The number of alkyl halides is 3. The van der Waals surface area contributed by atoms with Crippen LogP contribution in [0.3, 0.4) is 0 Å². The fourth-order valence-corrected chi connectivity index (χ4v) is 2.24. The maximum Gasteiger partial charge on any atom is 0.416 e. The molecule has 104 valence electrons. The fraction of sp³-hybridized carbons (Fsp3) is 0.462. The van der Waals surface area contributed by atoms with E-state index in [0.717, 1.165) is 12.1 Å². The van der Waals surface area contributed by atoms with Crippen molar-refractivity contribution >= 4 is 17.3 Å². The van der Waals surface area contributed by atoms with Crippen LogP contribution in [0.2, 0.25) is 0 Å². The van der Waals surface area contributed by atoms with Crippen molar-refractivity contribution in [3.63, 3.8) is 0 Å². The molecule has 3 nitrogen and oxygen atoms in total. The zero-order valence-electron chi connectivity index (χ0n) is 10.7. The Morgan fingerprint density at radius 3 is 2.32 bits per heavy atom. The van der Waals surface area contributed by atoms with Crippen LogP contribution in [-0.4, -0.2) is 11.4 Å². The molecule has 0 bridgehead atoms. The Labute approximate surface area is 109 Å². The summed E-state index contributed by atoms with van der Waals surface area (Å²) in [6, 6.07) is 3.28. The van der Waals surface area contributed by atoms with Crippen molar-refractivity contribution < 1.29 is 18.0 Å². The van der Waals surface area contributed by atoms with Crippen LogP contribution in [0, 0.1) is 0 Å². The number of rotatable bonds is 2. The lowest BCUT2D eigenvalue weighted by atomic mass is 9.89. The van der Waals surface area contributed by atoms with Crippen LogP contribution >= 0.6 is 0 Å². The molecule has 1 aliphatic heterocycles. The number of nitrogens with one attached hydrogen (secondary N) is 2. The van der Waals surface area contributed by atoms with Crippen molar-refractivity contribution in [1.82, 2.24) is 0 Å². The smallest absolute Gasteiger partial charge is 0.370 e. The zero-order valence-corrected chi connectivity index (χ0v) is 10.7. The highest BCUT2D eigenvalue weighted by molar-refractivity contribution is 6.06. The molecule has 0 fully saturated rings. The van der Waals surface area contributed by atoms with E-state index < -0.39 is 17.3 Å². The maximum atomic E-state index is 12.7. The van der Waals surface area contributed by atoms with Crippen LogP contribution in [0.1, 0.15) is 32.3 Å². The summed E-state index contributed by atoms with van der Waals surface area (Å²) in [6.45, 7) is 3.66. The number of fused-ring (bicyclic) bond motifs is 1. The van der Waals surface area contributed by atoms with Gasteiger partial charge in [0.2, 0.25) is 5.91 Å². The first-order valence-corrected chi connectivity index (χ1v) is 6.13. The summed E-state index contributed by atoms with van der Waals surface area (Å²) in [5.74, 6) is -0.204. The number of hydrogen-bond acceptors (Lipinski definition) is 2. The molecule has 1 heterocycles. The Morgan fingerprint density at radius 1 is 1.16 bits per heavy atom. The Kier molecular flexibility index (Phi) is 3.20. The van der Waals surface area contributed by atoms with Crippen molar-refractivity contribution in [2.75, 3.05) is 10.6 Å². The summed E-state index contributed by atoms with van der Waals surface area (Å²) in [4.78, 5) is 12.0. The van der Waals surface area contributed by atoms with Gasteiger partial charge in [0.05, 0.1) is 16.9 Å². The molecule has 19 heavy (non-hydrogen) atoms. The molecule has 6 heteroatoms. The summed E-state index contributed by atoms with van der Waals surface area (Å²) < 4.78 is 38.0. The van der Waals surface area contributed by atoms with E-state index in [1.54, 1.807) is 0 Å². The van der Waals surface area contributed by atoms with Gasteiger partial charge in [-0.25, -0.2) is 0 Å². The molecule has 0 radical (unpaired) electrons. The number of hydrogen-bond donors (Lipinski definition) is 2. The molecule has 0 atom stereocenters. The van der Waals surface area contributed by atoms with Crippen LogP contribution in [0.4, 0.5) is 24.5 Å². The number of carbonyl (C=O) groups excluding carboxylic acids is 1. The van der Waals surface area contributed by atoms with Crippen molar-refractivity contribution in [3.05, 3.63) is 23.8 Å². The monoisotopic (exact) mass is 272 g/mol. The maximum absolute atomic E-state index is 12.7. The molecule has 1 aromatic rings. The molecular formula is C13H15F3N2O. The van der Waals surface area contributed by atoms with E-state index in [1.807, 2.05) is 13.8 Å². The Balaban J connectivity index is 2.44. The van der Waals surface area contributed by atoms with Gasteiger partial charge in [0.1, 0.15) is 5.54 Å². The van der Waals surface area contributed by atoms with Gasteiger partial charge in [0.25, 0.3) is 0 Å². The van der Waals surface area contributed by atoms with Gasteiger partial charge in [0, 0.05) is 0 Å². The molecule has 2 N–H and O–H groups in total. The van der Waals surface area contributed by atoms with Crippen LogP contribution in [-0.2, 0) is 11.0 Å². The highest BCUT2D eigenvalue weighted by atomic mass is 19.4. The van der Waals surface area contributed by atoms with Crippen molar-refractivity contribution in [2.45, 2.75) is 38.4 Å². The topological polar surface area (TPSA) is 41.1 Å². The fourth-order valence-electron chi connectivity index (χ4n) is 2.24. The summed E-state index contributed by atoms with van der Waals surface area (Å²) in [5.41, 5.74) is -0.860. The lowest BCUT2D eigenvalue weighted by Gasteiger charge is -2.37. The second kappa shape index (κ2) is 4.43. The van der Waals surface area contributed by atoms with Gasteiger partial charge in [-0.05, 0) is 31.0 Å². The summed E-state index contributed by atoms with van der Waals surface area (Å²) >= 11 is 0. The van der Waals surface area contributed by atoms with E-state index in [9.17, 15) is 18.0 Å². The zero-order chi connectivity index (χ0) is 14.3. The Bertz CT molecular complexity index is 507. The van der Waals surface area contributed by atoms with Gasteiger partial charge in [-0.2, -0.15) is 13.2 Å². The summed E-state index contributed by atoms with van der Waals surface area (Å²) in [6.07, 6.45) is -3.38. The lowest BCUT2D eigenvalue weighted by molar-refractivity contribution is -0.137. The van der Waals surface area contributed by atoms with E-state index in [2.05, 4.69) is 10.6 Å². The molecule has 2 rings (SSSR count). The molecule has 0 spiro atoms. The average molecular weight is 272 g/mol. The van der Waals surface area contributed by atoms with Gasteiger partial charge in [-0.15, -0.1) is 0 Å². The summed E-state index contributed by atoms with van der Waals surface area (Å²) in [5, 5.41) is 5.62. The standard InChI is InChI=1S/C13H15F3N2O/c1-3-12(4-2)11(19)17-9-6-5-8(13(14,15)16)7-10(9)18-12/h5-7,18H,3-4H2,1-2H3,(H,17,19). The Hall–Kier alpha value is -1.72. The SMILES string of the molecule is CCC1(CC)Nc2cc(C(F)(F)F)ccc2NC1=O. The number of amides is 1. The third kappa shape index (κ3) is 2.27. The molecule has 0 saturated heterocycles. The average Bonchev–Trinajstić information content (AvgIpc) is 2.36. The van der Waals surface area contributed by atoms with Gasteiger partial charge in [-0.1, -0.05) is 13.8 Å². The number of carbonyl (C=O) groups is 1. The van der Waals surface area contributed by atoms with Gasteiger partial charge >= 0.3 is 6.18 Å². The highest BCUT2D eigenvalue weighted by Crippen LogP contribution is 2.38. The molecule has 1 aliphatic rings. The second-order valence-corrected chi connectivity index (χ2v) is 4.63. The molecule has 0 aliphatic carbocycles. The van der Waals surface area contributed by atoms with Crippen molar-refractivity contribution in [1.29, 1.82) is 0 Å². The van der Waals surface area contributed by atoms with Gasteiger partial charge in [0.15, 0.2) is 0 Å². The normalized spacial score (nSPS) is 17.4. The van der Waals surface area contributed by atoms with Crippen LogP contribution in [0.25, 0.3) is 0 Å². The molecule has 0 saturated carbocycles. The van der Waals surface area contributed by atoms with E-state index >= 15 is 0 Å². The first kappa shape index (κ1) is 13.7. The number of halogens is 3. The van der Waals surface area contributed by atoms with E-state index in [4.69, 9.17) is 0 Å². The van der Waals surface area contributed by atoms with E-state index in [0.29, 0.717) is 24.2 Å². The molecular weight excluding hydrogens is 257 g/mol. The largest absolute Gasteiger partial charge is 0.416 e. The predicted molar refractivity (Wildman–Crippen MR) is 67.0 cm³/mol. The van der Waals surface area contributed by atoms with E-state index in [1.165, 1.54) is 6.07 Å². The third-order valence-corrected chi connectivity index (χ3v) is 3.61. The molecule has 1 aromatic carbocycles. The molecule has 1 amide bonds. The number of anilines is 2. The van der Waals surface area contributed by atoms with Crippen LogP contribution < -0.4 is 10.6 Å². The van der Waals surface area contributed by atoms with Gasteiger partial charge in [-0.3, -0.25) is 4.79 Å². The van der Waals surface area contributed by atoms with E-state index in [-0.39, 0.29) is 5.91 Å². The lowest BCUT2D eigenvalue weighted by Crippen LogP contribution is -2.51. The quantitative estimate of drug-likeness (QED) is 0.863. The Morgan fingerprint density at radius 2 is 1.79 bits per heavy atom. The van der Waals surface area contributed by atoms with Crippen molar-refractivity contribution in [2.24, 2.45) is 0 Å². The predicted octanol–water partition coefficient (Wildman–Crippen LogP) is 3.63. The third-order valence-electron chi connectivity index (χ3n) is 3.61. The minimum absolute atomic E-state index is 0.204. The van der Waals surface area contributed by atoms with Crippen molar-refractivity contribution in [3.8, 4) is 0 Å². The second-order valence-electron chi connectivity index (χ2n) is 4.63. The highest BCUT2D eigenvalue weighted by Gasteiger charge is 2.40. The number of benzene rings is 1. The first-order chi connectivity index (χ1) is 8.82. The molecule has 0 unspecified atom stereocenters. The minimum Gasteiger partial charge on any atom is -0.370 e. The van der Waals surface area contributed by atoms with Gasteiger partial charge < -0.3 is 10.6 Å². The first-order valence-electron chi connectivity index (χ1n) is 6.13. The van der Waals surface area contributed by atoms with Crippen LogP contribution in [0.5, 0.6) is 0 Å². The van der Waals surface area contributed by atoms with Crippen LogP contribution in [0.15, 0.2) is 18.2 Å².